The van der Waals surface area contributed by atoms with E-state index >= 15 is 0 Å². The molecule has 0 bridgehead atoms. The summed E-state index contributed by atoms with van der Waals surface area (Å²) in [6.07, 6.45) is 1.76. The summed E-state index contributed by atoms with van der Waals surface area (Å²) >= 11 is 1.09. The number of ether oxygens (including phenoxy) is 2. The van der Waals surface area contributed by atoms with Gasteiger partial charge >= 0.3 is 11.9 Å². The average molecular weight is 491 g/mol. The van der Waals surface area contributed by atoms with Crippen LogP contribution in [0.4, 0.5) is 5.69 Å². The third kappa shape index (κ3) is 4.49. The molecule has 2 heterocycles. The first-order valence-corrected chi connectivity index (χ1v) is 12.0. The third-order valence-corrected chi connectivity index (χ3v) is 7.06. The number of aryl methyl sites for hydroxylation is 2. The molecule has 2 aromatic carbocycles. The zero-order valence-corrected chi connectivity index (χ0v) is 20.8. The van der Waals surface area contributed by atoms with E-state index in [9.17, 15) is 14.4 Å². The highest BCUT2D eigenvalue weighted by molar-refractivity contribution is 8.10. The van der Waals surface area contributed by atoms with Crippen LogP contribution in [0.3, 0.4) is 0 Å². The van der Waals surface area contributed by atoms with Gasteiger partial charge in [0.25, 0.3) is 0 Å². The van der Waals surface area contributed by atoms with Gasteiger partial charge in [0.1, 0.15) is 10.2 Å². The summed E-state index contributed by atoms with van der Waals surface area (Å²) in [5.41, 5.74) is 10.1. The number of carbonyl (C=O) groups excluding carboxylic acids is 3. The number of hydrogen-bond donors (Lipinski definition) is 1. The van der Waals surface area contributed by atoms with Gasteiger partial charge in [-0.2, -0.15) is 0 Å². The molecule has 0 radical (unpaired) electrons. The molecule has 0 saturated carbocycles. The summed E-state index contributed by atoms with van der Waals surface area (Å²) < 4.78 is 11.5. The van der Waals surface area contributed by atoms with Crippen LogP contribution in [0.15, 0.2) is 48.5 Å². The lowest BCUT2D eigenvalue weighted by Gasteiger charge is -2.23. The van der Waals surface area contributed by atoms with E-state index in [1.165, 1.54) is 11.7 Å². The Morgan fingerprint density at radius 2 is 1.63 bits per heavy atom. The molecule has 1 aliphatic rings. The number of nitrogens with two attached hydrogens (primary N) is 1. The van der Waals surface area contributed by atoms with Crippen molar-refractivity contribution in [3.8, 4) is 0 Å². The highest BCUT2D eigenvalue weighted by atomic mass is 32.2. The minimum atomic E-state index is -0.774. The van der Waals surface area contributed by atoms with Crippen molar-refractivity contribution in [1.82, 2.24) is 4.57 Å². The number of rotatable bonds is 5. The molecule has 0 unspecified atom stereocenters. The summed E-state index contributed by atoms with van der Waals surface area (Å²) in [4.78, 5) is 40.0. The van der Waals surface area contributed by atoms with Crippen LogP contribution in [0.25, 0.3) is 11.0 Å². The lowest BCUT2D eigenvalue weighted by Crippen LogP contribution is -2.42. The summed E-state index contributed by atoms with van der Waals surface area (Å²) in [5.74, 6) is -1.74. The SMILES string of the molecule is CCOC(=O)c1c(N)/c(=C\c2ccc(C)cc2)c2n1C(=O)[C@H](c1ccc(C)cc1)SC=2C(=O)OC. The Morgan fingerprint density at radius 3 is 2.20 bits per heavy atom. The fourth-order valence-electron chi connectivity index (χ4n) is 3.96. The van der Waals surface area contributed by atoms with Gasteiger partial charge in [0, 0.05) is 5.22 Å². The van der Waals surface area contributed by atoms with Crippen molar-refractivity contribution >= 4 is 46.3 Å². The van der Waals surface area contributed by atoms with Crippen molar-refractivity contribution in [3.63, 3.8) is 0 Å². The Kier molecular flexibility index (Phi) is 6.84. The second-order valence-corrected chi connectivity index (χ2v) is 9.32. The first-order chi connectivity index (χ1) is 16.8. The number of aromatic nitrogens is 1. The predicted molar refractivity (Wildman–Crippen MR) is 136 cm³/mol. The van der Waals surface area contributed by atoms with Gasteiger partial charge in [-0.3, -0.25) is 9.36 Å². The van der Waals surface area contributed by atoms with E-state index < -0.39 is 17.2 Å². The standard InChI is InChI=1S/C27H26N2O5S/c1-5-34-26(31)22-20(28)19(14-17-10-6-15(2)7-11-17)21-24(27(32)33-4)35-23(25(30)29(21)22)18-12-8-16(3)9-13-18/h6-14,23H,5,28H2,1-4H3/b19-14+/t23-/m0/s1. The lowest BCUT2D eigenvalue weighted by molar-refractivity contribution is -0.133. The van der Waals surface area contributed by atoms with Gasteiger partial charge in [-0.15, -0.1) is 0 Å². The Balaban J connectivity index is 2.08. The van der Waals surface area contributed by atoms with Crippen LogP contribution in [-0.4, -0.2) is 36.1 Å². The number of carbonyl (C=O) groups is 3. The van der Waals surface area contributed by atoms with Crippen molar-refractivity contribution in [2.24, 2.45) is 0 Å². The highest BCUT2D eigenvalue weighted by Gasteiger charge is 2.38. The van der Waals surface area contributed by atoms with Gasteiger partial charge in [-0.1, -0.05) is 71.4 Å². The number of benzene rings is 2. The number of methoxy groups -OCH3 is 1. The number of anilines is 1. The van der Waals surface area contributed by atoms with Gasteiger partial charge in [-0.05, 0) is 38.0 Å². The molecule has 1 atom stereocenters. The molecule has 8 heteroatoms. The molecular formula is C27H26N2O5S. The van der Waals surface area contributed by atoms with E-state index in [4.69, 9.17) is 15.2 Å². The number of nitrogen functional groups attached to an aromatic ring is 1. The Morgan fingerprint density at radius 1 is 1.03 bits per heavy atom. The molecule has 35 heavy (non-hydrogen) atoms. The van der Waals surface area contributed by atoms with Crippen LogP contribution in [0.2, 0.25) is 0 Å². The molecule has 180 valence electrons. The number of hydrogen-bond acceptors (Lipinski definition) is 7. The quantitative estimate of drug-likeness (QED) is 0.549. The first-order valence-electron chi connectivity index (χ1n) is 11.1. The van der Waals surface area contributed by atoms with Crippen LogP contribution >= 0.6 is 11.8 Å². The Hall–Kier alpha value is -3.78. The van der Waals surface area contributed by atoms with Crippen molar-refractivity contribution in [3.05, 3.63) is 87.0 Å². The third-order valence-electron chi connectivity index (χ3n) is 5.75. The van der Waals surface area contributed by atoms with Crippen LogP contribution in [0, 0.1) is 13.8 Å². The van der Waals surface area contributed by atoms with E-state index in [1.54, 1.807) is 13.0 Å². The fourth-order valence-corrected chi connectivity index (χ4v) is 5.19. The van der Waals surface area contributed by atoms with Crippen molar-refractivity contribution < 1.29 is 23.9 Å². The molecule has 3 aromatic rings. The summed E-state index contributed by atoms with van der Waals surface area (Å²) in [6, 6.07) is 15.1. The number of thioether (sulfide) groups is 1. The molecule has 0 aliphatic carbocycles. The highest BCUT2D eigenvalue weighted by Crippen LogP contribution is 2.39. The summed E-state index contributed by atoms with van der Waals surface area (Å²) in [6.45, 7) is 5.70. The van der Waals surface area contributed by atoms with Crippen molar-refractivity contribution in [1.29, 1.82) is 0 Å². The predicted octanol–water partition coefficient (Wildman–Crippen LogP) is 3.10. The molecule has 0 fully saturated rings. The molecule has 1 aromatic heterocycles. The number of esters is 2. The largest absolute Gasteiger partial charge is 0.465 e. The smallest absolute Gasteiger partial charge is 0.357 e. The van der Waals surface area contributed by atoms with E-state index in [2.05, 4.69) is 0 Å². The van der Waals surface area contributed by atoms with E-state index in [0.29, 0.717) is 10.8 Å². The average Bonchev–Trinajstić information content (AvgIpc) is 3.13. The molecule has 0 amide bonds. The molecule has 7 nitrogen and oxygen atoms in total. The van der Waals surface area contributed by atoms with E-state index in [0.717, 1.165) is 28.5 Å². The second-order valence-electron chi connectivity index (χ2n) is 8.20. The van der Waals surface area contributed by atoms with Crippen LogP contribution in [0.1, 0.15) is 49.7 Å². The van der Waals surface area contributed by atoms with Crippen LogP contribution in [-0.2, 0) is 14.3 Å². The molecule has 1 aliphatic heterocycles. The molecule has 2 N–H and O–H groups in total. The minimum Gasteiger partial charge on any atom is -0.465 e. The van der Waals surface area contributed by atoms with Crippen LogP contribution < -0.4 is 16.3 Å². The van der Waals surface area contributed by atoms with Crippen LogP contribution in [0.5, 0.6) is 0 Å². The summed E-state index contributed by atoms with van der Waals surface area (Å²) in [7, 11) is 1.28. The maximum absolute atomic E-state index is 13.9. The van der Waals surface area contributed by atoms with Gasteiger partial charge in [0.2, 0.25) is 5.91 Å². The topological polar surface area (TPSA) is 101 Å². The molecular weight excluding hydrogens is 464 g/mol. The molecule has 0 spiro atoms. The van der Waals surface area contributed by atoms with Gasteiger partial charge in [-0.25, -0.2) is 9.59 Å². The maximum atomic E-state index is 13.9. The lowest BCUT2D eigenvalue weighted by atomic mass is 10.1. The minimum absolute atomic E-state index is 0.0685. The number of fused-ring (bicyclic) bond motifs is 1. The van der Waals surface area contributed by atoms with E-state index in [1.807, 2.05) is 62.4 Å². The fraction of sp³-hybridized carbons (Fsp3) is 0.222. The zero-order chi connectivity index (χ0) is 25.3. The van der Waals surface area contributed by atoms with Crippen molar-refractivity contribution in [2.45, 2.75) is 26.0 Å². The van der Waals surface area contributed by atoms with Gasteiger partial charge < -0.3 is 15.2 Å². The van der Waals surface area contributed by atoms with Crippen molar-refractivity contribution in [2.75, 3.05) is 19.5 Å². The van der Waals surface area contributed by atoms with E-state index in [-0.39, 0.29) is 34.1 Å². The Labute approximate surface area is 207 Å². The van der Waals surface area contributed by atoms with Gasteiger partial charge in [0.05, 0.1) is 24.8 Å². The molecule has 0 saturated heterocycles. The Bertz CT molecular complexity index is 1440. The zero-order valence-electron chi connectivity index (χ0n) is 20.0. The maximum Gasteiger partial charge on any atom is 0.357 e. The number of nitrogens with zero attached hydrogens (tertiary/aromatic N) is 1. The normalized spacial score (nSPS) is 15.7. The van der Waals surface area contributed by atoms with Gasteiger partial charge in [0.15, 0.2) is 5.69 Å². The molecule has 4 rings (SSSR count). The monoisotopic (exact) mass is 490 g/mol. The second kappa shape index (κ2) is 9.84. The first kappa shape index (κ1) is 24.3. The summed E-state index contributed by atoms with van der Waals surface area (Å²) in [5, 5.41) is -0.152.